The van der Waals surface area contributed by atoms with Crippen LogP contribution in [-0.2, 0) is 16.7 Å². The predicted molar refractivity (Wildman–Crippen MR) is 69.5 cm³/mol. The Morgan fingerprint density at radius 3 is 2.44 bits per heavy atom. The van der Waals surface area contributed by atoms with Crippen molar-refractivity contribution in [2.75, 3.05) is 6.61 Å². The molecule has 0 aliphatic carbocycles. The molecule has 0 atom stereocenters. The summed E-state index contributed by atoms with van der Waals surface area (Å²) >= 11 is 0. The highest BCUT2D eigenvalue weighted by Crippen LogP contribution is 2.20. The maximum Gasteiger partial charge on any atom is 0.360 e. The zero-order valence-corrected chi connectivity index (χ0v) is 12.1. The summed E-state index contributed by atoms with van der Waals surface area (Å²) in [6, 6.07) is 0. The largest absolute Gasteiger partial charge is 0.461 e. The summed E-state index contributed by atoms with van der Waals surface area (Å²) in [5.41, 5.74) is 1.01. The van der Waals surface area contributed by atoms with Crippen molar-refractivity contribution in [1.82, 2.24) is 15.0 Å². The summed E-state index contributed by atoms with van der Waals surface area (Å²) in [5, 5.41) is 8.10. The molecule has 0 N–H and O–H groups in total. The van der Waals surface area contributed by atoms with Crippen LogP contribution in [0, 0.1) is 5.92 Å². The van der Waals surface area contributed by atoms with Gasteiger partial charge in [0.15, 0.2) is 5.69 Å². The second-order valence-electron chi connectivity index (χ2n) is 5.79. The van der Waals surface area contributed by atoms with E-state index in [9.17, 15) is 4.79 Å². The fourth-order valence-electron chi connectivity index (χ4n) is 1.77. The van der Waals surface area contributed by atoms with Crippen LogP contribution in [0.1, 0.15) is 57.7 Å². The predicted octanol–water partition coefficient (Wildman–Crippen LogP) is 2.41. The van der Waals surface area contributed by atoms with Crippen LogP contribution in [0.25, 0.3) is 0 Å². The average Bonchev–Trinajstić information content (AvgIpc) is 2.60. The molecule has 102 valence electrons. The molecule has 1 aromatic rings. The summed E-state index contributed by atoms with van der Waals surface area (Å²) in [4.78, 5) is 11.8. The topological polar surface area (TPSA) is 57.0 Å². The molecule has 0 radical (unpaired) electrons. The van der Waals surface area contributed by atoms with Crippen molar-refractivity contribution in [3.63, 3.8) is 0 Å². The van der Waals surface area contributed by atoms with E-state index in [1.165, 1.54) is 0 Å². The van der Waals surface area contributed by atoms with Gasteiger partial charge in [0.25, 0.3) is 0 Å². The van der Waals surface area contributed by atoms with Crippen molar-refractivity contribution < 1.29 is 9.53 Å². The third-order valence-electron chi connectivity index (χ3n) is 2.47. The molecule has 0 aliphatic heterocycles. The third-order valence-corrected chi connectivity index (χ3v) is 2.47. The van der Waals surface area contributed by atoms with Crippen LogP contribution in [0.3, 0.4) is 0 Å². The molecule has 0 unspecified atom stereocenters. The molecule has 1 aromatic heterocycles. The van der Waals surface area contributed by atoms with Gasteiger partial charge in [-0.15, -0.1) is 5.10 Å². The maximum absolute atomic E-state index is 11.8. The van der Waals surface area contributed by atoms with Crippen molar-refractivity contribution in [3.8, 4) is 0 Å². The first-order valence-corrected chi connectivity index (χ1v) is 6.39. The third kappa shape index (κ3) is 3.31. The van der Waals surface area contributed by atoms with Gasteiger partial charge in [0.2, 0.25) is 0 Å². The normalized spacial score (nSPS) is 11.9. The fraction of sp³-hybridized carbons (Fsp3) is 0.769. The van der Waals surface area contributed by atoms with E-state index in [-0.39, 0.29) is 11.5 Å². The van der Waals surface area contributed by atoms with Crippen LogP contribution in [0.5, 0.6) is 0 Å². The van der Waals surface area contributed by atoms with E-state index in [1.54, 1.807) is 6.92 Å². The summed E-state index contributed by atoms with van der Waals surface area (Å²) in [6.45, 7) is 12.5. The van der Waals surface area contributed by atoms with E-state index < -0.39 is 0 Å². The van der Waals surface area contributed by atoms with Crippen molar-refractivity contribution >= 4 is 5.97 Å². The van der Waals surface area contributed by atoms with Gasteiger partial charge in [-0.3, -0.25) is 0 Å². The van der Waals surface area contributed by atoms with Crippen LogP contribution in [0.4, 0.5) is 0 Å². The lowest BCUT2D eigenvalue weighted by Crippen LogP contribution is -2.26. The van der Waals surface area contributed by atoms with Gasteiger partial charge in [0.1, 0.15) is 0 Å². The van der Waals surface area contributed by atoms with E-state index in [4.69, 9.17) is 4.74 Å². The summed E-state index contributed by atoms with van der Waals surface area (Å²) in [6.07, 6.45) is 0.762. The minimum atomic E-state index is -0.386. The Hall–Kier alpha value is -1.39. The lowest BCUT2D eigenvalue weighted by atomic mass is 10.0. The van der Waals surface area contributed by atoms with Gasteiger partial charge in [0, 0.05) is 0 Å². The van der Waals surface area contributed by atoms with Crippen molar-refractivity contribution in [2.24, 2.45) is 5.92 Å². The molecule has 5 heteroatoms. The van der Waals surface area contributed by atoms with Gasteiger partial charge in [0.05, 0.1) is 17.8 Å². The monoisotopic (exact) mass is 253 g/mol. The smallest absolute Gasteiger partial charge is 0.360 e. The van der Waals surface area contributed by atoms with Gasteiger partial charge in [-0.1, -0.05) is 19.1 Å². The highest BCUT2D eigenvalue weighted by molar-refractivity contribution is 5.88. The van der Waals surface area contributed by atoms with Gasteiger partial charge in [-0.05, 0) is 40.0 Å². The highest BCUT2D eigenvalue weighted by Gasteiger charge is 2.26. The van der Waals surface area contributed by atoms with E-state index in [0.717, 1.165) is 12.1 Å². The number of hydrogen-bond donors (Lipinski definition) is 0. The Labute approximate surface area is 109 Å². The van der Waals surface area contributed by atoms with E-state index in [2.05, 4.69) is 24.2 Å². The Morgan fingerprint density at radius 1 is 1.39 bits per heavy atom. The Balaban J connectivity index is 3.19. The van der Waals surface area contributed by atoms with Crippen molar-refractivity contribution in [3.05, 3.63) is 11.4 Å². The minimum Gasteiger partial charge on any atom is -0.461 e. The molecule has 0 spiro atoms. The molecule has 5 nitrogen and oxygen atoms in total. The number of esters is 1. The minimum absolute atomic E-state index is 0.192. The number of carbonyl (C=O) groups excluding carboxylic acids is 1. The molecule has 0 aliphatic rings. The number of ether oxygens (including phenoxy) is 1. The van der Waals surface area contributed by atoms with Crippen LogP contribution in [-0.4, -0.2) is 27.6 Å². The molecule has 1 heterocycles. The van der Waals surface area contributed by atoms with Gasteiger partial charge in [-0.25, -0.2) is 9.48 Å². The molecule has 0 aromatic carbocycles. The standard InChI is InChI=1S/C13H23N3O2/c1-7-18-12(17)11-10(8-9(2)3)16(15-14-11)13(4,5)6/h9H,7-8H2,1-6H3. The molecule has 18 heavy (non-hydrogen) atoms. The first-order valence-electron chi connectivity index (χ1n) is 6.39. The van der Waals surface area contributed by atoms with Gasteiger partial charge >= 0.3 is 5.97 Å². The van der Waals surface area contributed by atoms with E-state index in [0.29, 0.717) is 18.2 Å². The lowest BCUT2D eigenvalue weighted by molar-refractivity contribution is 0.0517. The number of rotatable bonds is 4. The van der Waals surface area contributed by atoms with Crippen molar-refractivity contribution in [2.45, 2.75) is 53.5 Å². The van der Waals surface area contributed by atoms with Crippen molar-refractivity contribution in [1.29, 1.82) is 0 Å². The number of hydrogen-bond acceptors (Lipinski definition) is 4. The molecular weight excluding hydrogens is 230 g/mol. The second kappa shape index (κ2) is 5.50. The summed E-state index contributed by atoms with van der Waals surface area (Å²) in [7, 11) is 0. The number of carbonyl (C=O) groups is 1. The van der Waals surface area contributed by atoms with Crippen LogP contribution in [0.2, 0.25) is 0 Å². The first kappa shape index (κ1) is 14.7. The Morgan fingerprint density at radius 2 is 2.00 bits per heavy atom. The molecule has 0 saturated carbocycles. The van der Waals surface area contributed by atoms with Crippen LogP contribution >= 0.6 is 0 Å². The second-order valence-corrected chi connectivity index (χ2v) is 5.79. The number of nitrogens with zero attached hydrogens (tertiary/aromatic N) is 3. The average molecular weight is 253 g/mol. The zero-order valence-electron chi connectivity index (χ0n) is 12.1. The number of aromatic nitrogens is 3. The van der Waals surface area contributed by atoms with Gasteiger partial charge < -0.3 is 4.74 Å². The molecular formula is C13H23N3O2. The zero-order chi connectivity index (χ0) is 13.9. The molecule has 0 saturated heterocycles. The Bertz CT molecular complexity index is 416. The van der Waals surface area contributed by atoms with E-state index >= 15 is 0 Å². The quantitative estimate of drug-likeness (QED) is 0.773. The van der Waals surface area contributed by atoms with Gasteiger partial charge in [-0.2, -0.15) is 0 Å². The fourth-order valence-corrected chi connectivity index (χ4v) is 1.77. The molecule has 0 fully saturated rings. The van der Waals surface area contributed by atoms with Crippen LogP contribution in [0.15, 0.2) is 0 Å². The summed E-state index contributed by atoms with van der Waals surface area (Å²) < 4.78 is 6.84. The van der Waals surface area contributed by atoms with E-state index in [1.807, 2.05) is 25.5 Å². The first-order chi connectivity index (χ1) is 8.27. The molecule has 1 rings (SSSR count). The lowest BCUT2D eigenvalue weighted by Gasteiger charge is -2.22. The maximum atomic E-state index is 11.8. The SMILES string of the molecule is CCOC(=O)c1nnn(C(C)(C)C)c1CC(C)C. The molecule has 0 bridgehead atoms. The highest BCUT2D eigenvalue weighted by atomic mass is 16.5. The molecule has 0 amide bonds. The Kier molecular flexibility index (Phi) is 4.48. The summed E-state index contributed by atoms with van der Waals surface area (Å²) in [5.74, 6) is 0.0430. The van der Waals surface area contributed by atoms with Crippen LogP contribution < -0.4 is 0 Å².